The summed E-state index contributed by atoms with van der Waals surface area (Å²) in [6, 6.07) is 3.73. The molecule has 0 bridgehead atoms. The van der Waals surface area contributed by atoms with Crippen molar-refractivity contribution in [3.63, 3.8) is 0 Å². The van der Waals surface area contributed by atoms with Crippen LogP contribution >= 0.6 is 0 Å². The minimum absolute atomic E-state index is 0.125. The third kappa shape index (κ3) is 4.81. The normalized spacial score (nSPS) is 14.6. The summed E-state index contributed by atoms with van der Waals surface area (Å²) in [5, 5.41) is 13.0. The van der Waals surface area contributed by atoms with Gasteiger partial charge in [0.2, 0.25) is 0 Å². The van der Waals surface area contributed by atoms with E-state index < -0.39 is 17.7 Å². The van der Waals surface area contributed by atoms with Gasteiger partial charge >= 0.3 is 0 Å². The molecule has 0 aliphatic carbocycles. The predicted octanol–water partition coefficient (Wildman–Crippen LogP) is 2.32. The molecule has 0 amide bonds. The quantitative estimate of drug-likeness (QED) is 0.770. The Kier molecular flexibility index (Phi) is 7.05. The maximum Gasteiger partial charge on any atom is 0.131 e. The fourth-order valence-corrected chi connectivity index (χ4v) is 2.18. The number of nitrogens with zero attached hydrogens (tertiary/aromatic N) is 1. The summed E-state index contributed by atoms with van der Waals surface area (Å²) in [6.45, 7) is 9.02. The van der Waals surface area contributed by atoms with Crippen molar-refractivity contribution < 1.29 is 13.9 Å². The molecule has 1 aromatic rings. The molecule has 2 unspecified atom stereocenters. The average Bonchev–Trinajstić information content (AvgIpc) is 2.42. The maximum absolute atomic E-state index is 13.5. The van der Waals surface area contributed by atoms with Crippen molar-refractivity contribution in [1.82, 2.24) is 10.2 Å². The lowest BCUT2D eigenvalue weighted by atomic mass is 10.1. The van der Waals surface area contributed by atoms with E-state index in [1.807, 2.05) is 6.92 Å². The zero-order valence-electron chi connectivity index (χ0n) is 12.4. The topological polar surface area (TPSA) is 35.5 Å². The summed E-state index contributed by atoms with van der Waals surface area (Å²) in [6.07, 6.45) is -1.18. The fourth-order valence-electron chi connectivity index (χ4n) is 2.18. The van der Waals surface area contributed by atoms with Crippen molar-refractivity contribution in [3.05, 3.63) is 35.4 Å². The second kappa shape index (κ2) is 8.29. The van der Waals surface area contributed by atoms with E-state index >= 15 is 0 Å². The second-order valence-corrected chi connectivity index (χ2v) is 4.95. The number of hydrogen-bond donors (Lipinski definition) is 2. The second-order valence-electron chi connectivity index (χ2n) is 4.95. The minimum Gasteiger partial charge on any atom is -0.387 e. The Labute approximate surface area is 119 Å². The summed E-state index contributed by atoms with van der Waals surface area (Å²) in [5.41, 5.74) is -0.268. The molecular formula is C15H24F2N2O. The fraction of sp³-hybridized carbons (Fsp3) is 0.600. The summed E-state index contributed by atoms with van der Waals surface area (Å²) in [4.78, 5) is 2.24. The average molecular weight is 286 g/mol. The highest BCUT2D eigenvalue weighted by Crippen LogP contribution is 2.20. The molecule has 0 saturated carbocycles. The molecule has 20 heavy (non-hydrogen) atoms. The van der Waals surface area contributed by atoms with Gasteiger partial charge in [-0.15, -0.1) is 0 Å². The first-order valence-electron chi connectivity index (χ1n) is 7.07. The van der Waals surface area contributed by atoms with Gasteiger partial charge in [0.05, 0.1) is 11.7 Å². The smallest absolute Gasteiger partial charge is 0.131 e. The third-order valence-corrected chi connectivity index (χ3v) is 3.42. The summed E-state index contributed by atoms with van der Waals surface area (Å²) >= 11 is 0. The largest absolute Gasteiger partial charge is 0.387 e. The number of aliphatic hydroxyl groups is 1. The van der Waals surface area contributed by atoms with Gasteiger partial charge in [0.1, 0.15) is 11.6 Å². The Morgan fingerprint density at radius 1 is 1.20 bits per heavy atom. The van der Waals surface area contributed by atoms with Crippen molar-refractivity contribution in [3.8, 4) is 0 Å². The van der Waals surface area contributed by atoms with Crippen LogP contribution in [-0.2, 0) is 0 Å². The molecule has 0 spiro atoms. The number of halogens is 2. The van der Waals surface area contributed by atoms with Crippen molar-refractivity contribution in [2.75, 3.05) is 26.2 Å². The standard InChI is InChI=1S/C15H24F2N2O/c1-4-19(5-2)10-11(3)18-9-14(20)15-12(16)7-6-8-13(15)17/h6-8,11,14,18,20H,4-5,9-10H2,1-3H3. The molecule has 1 rings (SSSR count). The zero-order chi connectivity index (χ0) is 15.1. The number of rotatable bonds is 8. The van der Waals surface area contributed by atoms with E-state index in [1.165, 1.54) is 6.07 Å². The van der Waals surface area contributed by atoms with E-state index in [9.17, 15) is 13.9 Å². The van der Waals surface area contributed by atoms with E-state index in [0.29, 0.717) is 0 Å². The van der Waals surface area contributed by atoms with Crippen molar-refractivity contribution >= 4 is 0 Å². The van der Waals surface area contributed by atoms with Crippen molar-refractivity contribution in [1.29, 1.82) is 0 Å². The van der Waals surface area contributed by atoms with Crippen LogP contribution in [0.25, 0.3) is 0 Å². The van der Waals surface area contributed by atoms with Gasteiger partial charge in [0.25, 0.3) is 0 Å². The Bertz CT molecular complexity index is 391. The first kappa shape index (κ1) is 17.0. The van der Waals surface area contributed by atoms with Crippen LogP contribution in [0.5, 0.6) is 0 Å². The lowest BCUT2D eigenvalue weighted by molar-refractivity contribution is 0.156. The molecule has 114 valence electrons. The van der Waals surface area contributed by atoms with E-state index in [-0.39, 0.29) is 18.2 Å². The molecule has 2 atom stereocenters. The highest BCUT2D eigenvalue weighted by molar-refractivity contribution is 5.22. The molecule has 0 aromatic heterocycles. The maximum atomic E-state index is 13.5. The Hall–Kier alpha value is -1.04. The molecule has 5 heteroatoms. The van der Waals surface area contributed by atoms with Crippen LogP contribution in [-0.4, -0.2) is 42.2 Å². The molecule has 0 aliphatic heterocycles. The molecule has 0 aliphatic rings. The first-order chi connectivity index (χ1) is 9.49. The van der Waals surface area contributed by atoms with Gasteiger partial charge in [-0.1, -0.05) is 19.9 Å². The number of benzene rings is 1. The lowest BCUT2D eigenvalue weighted by Gasteiger charge is -2.24. The molecular weight excluding hydrogens is 262 g/mol. The molecule has 0 fully saturated rings. The van der Waals surface area contributed by atoms with Crippen LogP contribution in [0.3, 0.4) is 0 Å². The highest BCUT2D eigenvalue weighted by atomic mass is 19.1. The Morgan fingerprint density at radius 2 is 1.75 bits per heavy atom. The molecule has 0 saturated heterocycles. The lowest BCUT2D eigenvalue weighted by Crippen LogP contribution is -2.40. The predicted molar refractivity (Wildman–Crippen MR) is 76.6 cm³/mol. The van der Waals surface area contributed by atoms with Crippen molar-refractivity contribution in [2.24, 2.45) is 0 Å². The van der Waals surface area contributed by atoms with Crippen LogP contribution < -0.4 is 5.32 Å². The molecule has 3 nitrogen and oxygen atoms in total. The number of aliphatic hydroxyl groups excluding tert-OH is 1. The molecule has 1 aromatic carbocycles. The molecule has 0 radical (unpaired) electrons. The van der Waals surface area contributed by atoms with Crippen LogP contribution in [0.15, 0.2) is 18.2 Å². The van der Waals surface area contributed by atoms with Gasteiger partial charge < -0.3 is 15.3 Å². The van der Waals surface area contributed by atoms with E-state index in [1.54, 1.807) is 0 Å². The van der Waals surface area contributed by atoms with Gasteiger partial charge in [0, 0.05) is 19.1 Å². The minimum atomic E-state index is -1.18. The van der Waals surface area contributed by atoms with Gasteiger partial charge in [0.15, 0.2) is 0 Å². The van der Waals surface area contributed by atoms with Crippen LogP contribution in [0.1, 0.15) is 32.4 Å². The number of nitrogens with one attached hydrogen (secondary N) is 1. The molecule has 0 heterocycles. The van der Waals surface area contributed by atoms with Gasteiger partial charge in [-0.3, -0.25) is 0 Å². The Morgan fingerprint density at radius 3 is 2.25 bits per heavy atom. The van der Waals surface area contributed by atoms with Gasteiger partial charge in [-0.25, -0.2) is 8.78 Å². The summed E-state index contributed by atoms with van der Waals surface area (Å²) < 4.78 is 27.0. The highest BCUT2D eigenvalue weighted by Gasteiger charge is 2.18. The van der Waals surface area contributed by atoms with Crippen LogP contribution in [0.2, 0.25) is 0 Å². The summed E-state index contributed by atoms with van der Waals surface area (Å²) in [7, 11) is 0. The zero-order valence-corrected chi connectivity index (χ0v) is 12.4. The first-order valence-corrected chi connectivity index (χ1v) is 7.07. The van der Waals surface area contributed by atoms with Gasteiger partial charge in [-0.2, -0.15) is 0 Å². The van der Waals surface area contributed by atoms with Crippen LogP contribution in [0.4, 0.5) is 8.78 Å². The SMILES string of the molecule is CCN(CC)CC(C)NCC(O)c1c(F)cccc1F. The number of hydrogen-bond acceptors (Lipinski definition) is 3. The van der Waals surface area contributed by atoms with Crippen LogP contribution in [0, 0.1) is 11.6 Å². The summed E-state index contributed by atoms with van der Waals surface area (Å²) in [5.74, 6) is -1.42. The van der Waals surface area contributed by atoms with Crippen molar-refractivity contribution in [2.45, 2.75) is 32.9 Å². The van der Waals surface area contributed by atoms with E-state index in [2.05, 4.69) is 24.1 Å². The Balaban J connectivity index is 2.53. The van der Waals surface area contributed by atoms with E-state index in [0.717, 1.165) is 31.8 Å². The number of likely N-dealkylation sites (N-methyl/N-ethyl adjacent to an activating group) is 1. The van der Waals surface area contributed by atoms with E-state index in [4.69, 9.17) is 0 Å². The third-order valence-electron chi connectivity index (χ3n) is 3.42. The monoisotopic (exact) mass is 286 g/mol. The van der Waals surface area contributed by atoms with Gasteiger partial charge in [-0.05, 0) is 32.1 Å². The molecule has 2 N–H and O–H groups in total.